The molecule has 0 spiro atoms. The smallest absolute Gasteiger partial charge is 0.335 e. The molecule has 4 rings (SSSR count). The lowest BCUT2D eigenvalue weighted by molar-refractivity contribution is -0.132. The Bertz CT molecular complexity index is 1360. The van der Waals surface area contributed by atoms with Gasteiger partial charge in [0.2, 0.25) is 0 Å². The number of rotatable bonds is 6. The van der Waals surface area contributed by atoms with Crippen molar-refractivity contribution in [2.75, 3.05) is 19.1 Å². The molecule has 1 saturated heterocycles. The average Bonchev–Trinajstić information content (AvgIpc) is 3.13. The highest BCUT2D eigenvalue weighted by atomic mass is 16.5. The van der Waals surface area contributed by atoms with Gasteiger partial charge in [0.05, 0.1) is 31.4 Å². The molecule has 1 aliphatic heterocycles. The number of aryl methyl sites for hydroxylation is 1. The molecule has 1 aliphatic rings. The largest absolute Gasteiger partial charge is 0.507 e. The van der Waals surface area contributed by atoms with E-state index in [1.54, 1.807) is 42.5 Å². The van der Waals surface area contributed by atoms with Crippen molar-refractivity contribution < 1.29 is 34.1 Å². The molecule has 8 heteroatoms. The fourth-order valence-electron chi connectivity index (χ4n) is 4.09. The number of aliphatic hydroxyl groups excluding tert-OH is 1. The maximum Gasteiger partial charge on any atom is 0.335 e. The maximum atomic E-state index is 13.3. The van der Waals surface area contributed by atoms with Crippen molar-refractivity contribution in [1.82, 2.24) is 0 Å². The molecule has 1 unspecified atom stereocenters. The van der Waals surface area contributed by atoms with E-state index in [2.05, 4.69) is 0 Å². The summed E-state index contributed by atoms with van der Waals surface area (Å²) in [4.78, 5) is 39.4. The fraction of sp³-hybridized carbons (Fsp3) is 0.148. The van der Waals surface area contributed by atoms with Crippen molar-refractivity contribution >= 4 is 29.1 Å². The molecule has 2 N–H and O–H groups in total. The molecule has 0 saturated carbocycles. The van der Waals surface area contributed by atoms with Gasteiger partial charge in [-0.15, -0.1) is 0 Å². The second kappa shape index (κ2) is 9.34. The molecular weight excluding hydrogens is 450 g/mol. The molecular formula is C27H23NO7. The number of aromatic carboxylic acids is 1. The number of ketones is 1. The van der Waals surface area contributed by atoms with Crippen molar-refractivity contribution in [2.45, 2.75) is 13.0 Å². The van der Waals surface area contributed by atoms with Crippen molar-refractivity contribution in [3.05, 3.63) is 94.6 Å². The van der Waals surface area contributed by atoms with Crippen LogP contribution in [0.25, 0.3) is 5.76 Å². The van der Waals surface area contributed by atoms with Crippen LogP contribution in [0.5, 0.6) is 11.5 Å². The van der Waals surface area contributed by atoms with Gasteiger partial charge in [-0.25, -0.2) is 4.79 Å². The minimum Gasteiger partial charge on any atom is -0.507 e. The van der Waals surface area contributed by atoms with Crippen molar-refractivity contribution in [3.63, 3.8) is 0 Å². The van der Waals surface area contributed by atoms with Crippen LogP contribution in [0.2, 0.25) is 0 Å². The van der Waals surface area contributed by atoms with E-state index in [0.29, 0.717) is 22.6 Å². The van der Waals surface area contributed by atoms with Crippen molar-refractivity contribution in [1.29, 1.82) is 0 Å². The van der Waals surface area contributed by atoms with E-state index in [4.69, 9.17) is 9.47 Å². The number of carbonyl (C=O) groups is 3. The number of carbonyl (C=O) groups excluding carboxylic acids is 2. The molecule has 0 radical (unpaired) electrons. The predicted octanol–water partition coefficient (Wildman–Crippen LogP) is 4.34. The van der Waals surface area contributed by atoms with Crippen LogP contribution in [-0.4, -0.2) is 42.1 Å². The Balaban J connectivity index is 2.00. The normalized spacial score (nSPS) is 16.9. The van der Waals surface area contributed by atoms with Crippen LogP contribution < -0.4 is 14.4 Å². The molecule has 0 aromatic heterocycles. The molecule has 1 atom stereocenters. The Kier molecular flexibility index (Phi) is 6.29. The number of benzene rings is 3. The standard InChI is InChI=1S/C27H23NO7/c1-15-7-9-16(10-8-15)24(29)22-23(20-12-11-19(34-2)14-21(20)35-3)28(26(31)25(22)30)18-6-4-5-17(13-18)27(32)33/h4-14,23,29H,1-3H3,(H,32,33). The summed E-state index contributed by atoms with van der Waals surface area (Å²) in [5, 5.41) is 20.7. The molecule has 178 valence electrons. The summed E-state index contributed by atoms with van der Waals surface area (Å²) in [5.41, 5.74) is 1.75. The van der Waals surface area contributed by atoms with Gasteiger partial charge in [0.1, 0.15) is 17.3 Å². The SMILES string of the molecule is COc1ccc(C2C(=C(O)c3ccc(C)cc3)C(=O)C(=O)N2c2cccc(C(=O)O)c2)c(OC)c1. The van der Waals surface area contributed by atoms with Crippen LogP contribution in [0, 0.1) is 6.92 Å². The van der Waals surface area contributed by atoms with Gasteiger partial charge >= 0.3 is 5.97 Å². The van der Waals surface area contributed by atoms with Gasteiger partial charge in [0.25, 0.3) is 11.7 Å². The first-order chi connectivity index (χ1) is 16.8. The summed E-state index contributed by atoms with van der Waals surface area (Å²) >= 11 is 0. The summed E-state index contributed by atoms with van der Waals surface area (Å²) in [6.07, 6.45) is 0. The number of methoxy groups -OCH3 is 2. The molecule has 3 aromatic rings. The lowest BCUT2D eigenvalue weighted by Crippen LogP contribution is -2.29. The monoisotopic (exact) mass is 473 g/mol. The number of carboxylic acid groups (broad SMARTS) is 1. The third kappa shape index (κ3) is 4.21. The number of aliphatic hydroxyl groups is 1. The van der Waals surface area contributed by atoms with Crippen LogP contribution in [0.15, 0.2) is 72.3 Å². The number of carboxylic acids is 1. The zero-order chi connectivity index (χ0) is 25.3. The zero-order valence-electron chi connectivity index (χ0n) is 19.3. The molecule has 3 aromatic carbocycles. The first-order valence-electron chi connectivity index (χ1n) is 10.7. The van der Waals surface area contributed by atoms with Gasteiger partial charge in [-0.3, -0.25) is 14.5 Å². The predicted molar refractivity (Wildman–Crippen MR) is 129 cm³/mol. The Morgan fingerprint density at radius 3 is 2.23 bits per heavy atom. The third-order valence-electron chi connectivity index (χ3n) is 5.88. The van der Waals surface area contributed by atoms with Crippen molar-refractivity contribution in [2.24, 2.45) is 0 Å². The van der Waals surface area contributed by atoms with Crippen LogP contribution in [0.1, 0.15) is 33.1 Å². The minimum atomic E-state index is -1.18. The van der Waals surface area contributed by atoms with E-state index < -0.39 is 23.7 Å². The highest BCUT2D eigenvalue weighted by Crippen LogP contribution is 2.45. The van der Waals surface area contributed by atoms with Gasteiger partial charge in [-0.1, -0.05) is 35.9 Å². The Morgan fingerprint density at radius 2 is 1.60 bits per heavy atom. The Morgan fingerprint density at radius 1 is 0.886 bits per heavy atom. The topological polar surface area (TPSA) is 113 Å². The van der Waals surface area contributed by atoms with Gasteiger partial charge < -0.3 is 19.7 Å². The van der Waals surface area contributed by atoms with Gasteiger partial charge in [-0.05, 0) is 37.3 Å². The van der Waals surface area contributed by atoms with Crippen molar-refractivity contribution in [3.8, 4) is 11.5 Å². The summed E-state index contributed by atoms with van der Waals surface area (Å²) in [7, 11) is 2.94. The van der Waals surface area contributed by atoms with Crippen LogP contribution in [0.4, 0.5) is 5.69 Å². The second-order valence-electron chi connectivity index (χ2n) is 8.00. The first-order valence-corrected chi connectivity index (χ1v) is 10.7. The average molecular weight is 473 g/mol. The fourth-order valence-corrected chi connectivity index (χ4v) is 4.09. The number of anilines is 1. The van der Waals surface area contributed by atoms with E-state index in [-0.39, 0.29) is 22.6 Å². The second-order valence-corrected chi connectivity index (χ2v) is 8.00. The summed E-state index contributed by atoms with van der Waals surface area (Å²) in [5.74, 6) is -2.50. The Hall–Kier alpha value is -4.59. The highest BCUT2D eigenvalue weighted by Gasteiger charge is 2.48. The quantitative estimate of drug-likeness (QED) is 0.311. The third-order valence-corrected chi connectivity index (χ3v) is 5.88. The lowest BCUT2D eigenvalue weighted by Gasteiger charge is -2.27. The summed E-state index contributed by atoms with van der Waals surface area (Å²) in [6.45, 7) is 1.89. The number of ether oxygens (including phenoxy) is 2. The van der Waals surface area contributed by atoms with Gasteiger partial charge in [0, 0.05) is 22.9 Å². The van der Waals surface area contributed by atoms with E-state index in [1.165, 1.54) is 43.4 Å². The van der Waals surface area contributed by atoms with Crippen LogP contribution >= 0.6 is 0 Å². The highest BCUT2D eigenvalue weighted by molar-refractivity contribution is 6.51. The summed E-state index contributed by atoms with van der Waals surface area (Å²) < 4.78 is 10.8. The maximum absolute atomic E-state index is 13.3. The van der Waals surface area contributed by atoms with E-state index in [1.807, 2.05) is 6.92 Å². The number of hydrogen-bond donors (Lipinski definition) is 2. The Labute approximate surface area is 201 Å². The number of Topliss-reactive ketones (excluding diaryl/α,β-unsaturated/α-hetero) is 1. The minimum absolute atomic E-state index is 0.0524. The van der Waals surface area contributed by atoms with Crippen LogP contribution in [0.3, 0.4) is 0 Å². The molecule has 8 nitrogen and oxygen atoms in total. The van der Waals surface area contributed by atoms with E-state index in [0.717, 1.165) is 5.56 Å². The first kappa shape index (κ1) is 23.6. The summed E-state index contributed by atoms with van der Waals surface area (Å²) in [6, 6.07) is 16.4. The van der Waals surface area contributed by atoms with Gasteiger partial charge in [0.15, 0.2) is 0 Å². The molecule has 1 heterocycles. The van der Waals surface area contributed by atoms with E-state index in [9.17, 15) is 24.6 Å². The zero-order valence-corrected chi connectivity index (χ0v) is 19.3. The van der Waals surface area contributed by atoms with Gasteiger partial charge in [-0.2, -0.15) is 0 Å². The number of amides is 1. The number of hydrogen-bond acceptors (Lipinski definition) is 6. The molecule has 1 fully saturated rings. The van der Waals surface area contributed by atoms with E-state index >= 15 is 0 Å². The van der Waals surface area contributed by atoms with Crippen LogP contribution in [-0.2, 0) is 9.59 Å². The lowest BCUT2D eigenvalue weighted by atomic mass is 9.94. The molecule has 35 heavy (non-hydrogen) atoms. The number of nitrogens with zero attached hydrogens (tertiary/aromatic N) is 1. The molecule has 0 bridgehead atoms. The molecule has 0 aliphatic carbocycles. The molecule has 1 amide bonds.